The molecular formula is C12H20N2OS2. The van der Waals surface area contributed by atoms with Gasteiger partial charge in [-0.05, 0) is 20.3 Å². The Morgan fingerprint density at radius 2 is 2.41 bits per heavy atom. The fraction of sp³-hybridized carbons (Fsp3) is 0.667. The molecule has 1 aromatic rings. The average molecular weight is 272 g/mol. The maximum Gasteiger partial charge on any atom is 0.209 e. The number of hydrogen-bond acceptors (Lipinski definition) is 4. The largest absolute Gasteiger partial charge is 0.342 e. The van der Waals surface area contributed by atoms with Crippen molar-refractivity contribution in [1.82, 2.24) is 9.88 Å². The third-order valence-electron chi connectivity index (χ3n) is 2.58. The van der Waals surface area contributed by atoms with Crippen LogP contribution >= 0.6 is 23.1 Å². The first kappa shape index (κ1) is 14.5. The van der Waals surface area contributed by atoms with E-state index in [0.717, 1.165) is 41.6 Å². The van der Waals surface area contributed by atoms with Crippen molar-refractivity contribution in [3.8, 4) is 0 Å². The molecule has 0 saturated heterocycles. The third-order valence-corrected chi connectivity index (χ3v) is 4.70. The molecular weight excluding hydrogens is 252 g/mol. The molecule has 1 amide bonds. The van der Waals surface area contributed by atoms with Crippen LogP contribution in [0.15, 0.2) is 9.72 Å². The monoisotopic (exact) mass is 272 g/mol. The van der Waals surface area contributed by atoms with E-state index < -0.39 is 0 Å². The number of hydrogen-bond donors (Lipinski definition) is 0. The Morgan fingerprint density at radius 1 is 1.65 bits per heavy atom. The number of aryl methyl sites for hydroxylation is 1. The van der Waals surface area contributed by atoms with E-state index in [1.54, 1.807) is 23.1 Å². The van der Waals surface area contributed by atoms with Crippen LogP contribution in [-0.2, 0) is 4.79 Å². The molecule has 1 atom stereocenters. The van der Waals surface area contributed by atoms with Gasteiger partial charge in [-0.2, -0.15) is 0 Å². The lowest BCUT2D eigenvalue weighted by atomic mass is 10.2. The first-order valence-corrected chi connectivity index (χ1v) is 7.79. The van der Waals surface area contributed by atoms with E-state index in [9.17, 15) is 4.79 Å². The predicted molar refractivity (Wildman–Crippen MR) is 74.7 cm³/mol. The van der Waals surface area contributed by atoms with Gasteiger partial charge in [-0.1, -0.05) is 25.1 Å². The summed E-state index contributed by atoms with van der Waals surface area (Å²) in [7, 11) is 0. The fourth-order valence-corrected chi connectivity index (χ4v) is 3.47. The summed E-state index contributed by atoms with van der Waals surface area (Å²) in [5, 5.41) is 2.06. The SMILES string of the molecule is CCCC(C)N(C=O)CCSc1nc(C)cs1. The van der Waals surface area contributed by atoms with Gasteiger partial charge in [-0.25, -0.2) is 4.98 Å². The van der Waals surface area contributed by atoms with Crippen molar-refractivity contribution in [2.24, 2.45) is 0 Å². The first-order chi connectivity index (χ1) is 8.17. The van der Waals surface area contributed by atoms with E-state index >= 15 is 0 Å². The lowest BCUT2D eigenvalue weighted by Gasteiger charge is -2.24. The van der Waals surface area contributed by atoms with Crippen LogP contribution in [0.5, 0.6) is 0 Å². The highest BCUT2D eigenvalue weighted by Gasteiger charge is 2.10. The van der Waals surface area contributed by atoms with Gasteiger partial charge in [0.05, 0.1) is 0 Å². The maximum absolute atomic E-state index is 11.0. The fourth-order valence-electron chi connectivity index (χ4n) is 1.60. The normalized spacial score (nSPS) is 12.4. The summed E-state index contributed by atoms with van der Waals surface area (Å²) in [6, 6.07) is 0.344. The van der Waals surface area contributed by atoms with Crippen LogP contribution in [0.2, 0.25) is 0 Å². The summed E-state index contributed by atoms with van der Waals surface area (Å²) in [5.74, 6) is 0.916. The van der Waals surface area contributed by atoms with E-state index in [1.165, 1.54) is 0 Å². The number of rotatable bonds is 8. The summed E-state index contributed by atoms with van der Waals surface area (Å²) >= 11 is 3.40. The number of thioether (sulfide) groups is 1. The minimum absolute atomic E-state index is 0.344. The summed E-state index contributed by atoms with van der Waals surface area (Å²) in [6.45, 7) is 7.05. The molecule has 0 aromatic carbocycles. The van der Waals surface area contributed by atoms with E-state index in [-0.39, 0.29) is 0 Å². The molecule has 0 N–H and O–H groups in total. The van der Waals surface area contributed by atoms with Gasteiger partial charge in [-0.3, -0.25) is 4.79 Å². The third kappa shape index (κ3) is 5.08. The number of carbonyl (C=O) groups is 1. The summed E-state index contributed by atoms with van der Waals surface area (Å²) < 4.78 is 1.09. The molecule has 0 bridgehead atoms. The van der Waals surface area contributed by atoms with E-state index in [0.29, 0.717) is 6.04 Å². The molecule has 1 rings (SSSR count). The molecule has 0 fully saturated rings. The smallest absolute Gasteiger partial charge is 0.209 e. The second kappa shape index (κ2) is 7.71. The van der Waals surface area contributed by atoms with Crippen LogP contribution in [0, 0.1) is 6.92 Å². The number of thiazole rings is 1. The van der Waals surface area contributed by atoms with Crippen molar-refractivity contribution in [3.05, 3.63) is 11.1 Å². The molecule has 0 spiro atoms. The number of amides is 1. The number of nitrogens with zero attached hydrogens (tertiary/aromatic N) is 2. The molecule has 1 aromatic heterocycles. The Labute approximate surface area is 112 Å². The standard InChI is InChI=1S/C12H20N2OS2/c1-4-5-11(3)14(9-15)6-7-16-12-13-10(2)8-17-12/h8-9,11H,4-7H2,1-3H3. The maximum atomic E-state index is 11.0. The highest BCUT2D eigenvalue weighted by molar-refractivity contribution is 8.01. The van der Waals surface area contributed by atoms with Gasteiger partial charge in [0, 0.05) is 29.4 Å². The zero-order valence-corrected chi connectivity index (χ0v) is 12.3. The van der Waals surface area contributed by atoms with Crippen LogP contribution in [0.1, 0.15) is 32.4 Å². The first-order valence-electron chi connectivity index (χ1n) is 5.93. The second-order valence-electron chi connectivity index (χ2n) is 4.08. The molecule has 17 heavy (non-hydrogen) atoms. The van der Waals surface area contributed by atoms with Crippen LogP contribution in [0.4, 0.5) is 0 Å². The van der Waals surface area contributed by atoms with Crippen molar-refractivity contribution in [2.75, 3.05) is 12.3 Å². The Balaban J connectivity index is 2.30. The molecule has 1 heterocycles. The molecule has 0 saturated carbocycles. The molecule has 1 unspecified atom stereocenters. The highest BCUT2D eigenvalue weighted by atomic mass is 32.2. The zero-order valence-electron chi connectivity index (χ0n) is 10.7. The van der Waals surface area contributed by atoms with Crippen molar-refractivity contribution in [2.45, 2.75) is 44.0 Å². The Hall–Kier alpha value is -0.550. The molecule has 0 aliphatic rings. The van der Waals surface area contributed by atoms with Crippen molar-refractivity contribution in [3.63, 3.8) is 0 Å². The van der Waals surface area contributed by atoms with Crippen molar-refractivity contribution < 1.29 is 4.79 Å². The average Bonchev–Trinajstić information content (AvgIpc) is 2.71. The number of carbonyl (C=O) groups excluding carboxylic acids is 1. The zero-order chi connectivity index (χ0) is 12.7. The van der Waals surface area contributed by atoms with Crippen LogP contribution in [0.25, 0.3) is 0 Å². The molecule has 0 aliphatic heterocycles. The number of aromatic nitrogens is 1. The summed E-state index contributed by atoms with van der Waals surface area (Å²) in [5.41, 5.74) is 1.07. The summed E-state index contributed by atoms with van der Waals surface area (Å²) in [4.78, 5) is 17.2. The Bertz CT molecular complexity index is 341. The summed E-state index contributed by atoms with van der Waals surface area (Å²) in [6.07, 6.45) is 3.15. The van der Waals surface area contributed by atoms with Gasteiger partial charge < -0.3 is 4.90 Å². The molecule has 0 aliphatic carbocycles. The highest BCUT2D eigenvalue weighted by Crippen LogP contribution is 2.22. The molecule has 96 valence electrons. The van der Waals surface area contributed by atoms with E-state index in [1.807, 2.05) is 11.8 Å². The van der Waals surface area contributed by atoms with Gasteiger partial charge in [-0.15, -0.1) is 11.3 Å². The molecule has 3 nitrogen and oxygen atoms in total. The van der Waals surface area contributed by atoms with Gasteiger partial charge >= 0.3 is 0 Å². The minimum Gasteiger partial charge on any atom is -0.342 e. The van der Waals surface area contributed by atoms with E-state index in [4.69, 9.17) is 0 Å². The van der Waals surface area contributed by atoms with Gasteiger partial charge in [0.15, 0.2) is 0 Å². The van der Waals surface area contributed by atoms with Crippen molar-refractivity contribution >= 4 is 29.5 Å². The topological polar surface area (TPSA) is 33.2 Å². The van der Waals surface area contributed by atoms with Gasteiger partial charge in [0.2, 0.25) is 6.41 Å². The van der Waals surface area contributed by atoms with Crippen LogP contribution < -0.4 is 0 Å². The minimum atomic E-state index is 0.344. The second-order valence-corrected chi connectivity index (χ2v) is 6.28. The van der Waals surface area contributed by atoms with Gasteiger partial charge in [0.1, 0.15) is 4.34 Å². The lowest BCUT2D eigenvalue weighted by Crippen LogP contribution is -2.33. The quantitative estimate of drug-likeness (QED) is 0.538. The van der Waals surface area contributed by atoms with Crippen molar-refractivity contribution in [1.29, 1.82) is 0 Å². The Morgan fingerprint density at radius 3 is 2.94 bits per heavy atom. The van der Waals surface area contributed by atoms with E-state index in [2.05, 4.69) is 24.2 Å². The molecule has 5 heteroatoms. The van der Waals surface area contributed by atoms with Crippen LogP contribution in [0.3, 0.4) is 0 Å². The Kier molecular flexibility index (Phi) is 6.58. The lowest BCUT2D eigenvalue weighted by molar-refractivity contribution is -0.119. The van der Waals surface area contributed by atoms with Gasteiger partial charge in [0.25, 0.3) is 0 Å². The predicted octanol–water partition coefficient (Wildman–Crippen LogP) is 3.19. The van der Waals surface area contributed by atoms with Crippen LogP contribution in [-0.4, -0.2) is 34.6 Å². The molecule has 0 radical (unpaired) electrons.